The second-order valence-corrected chi connectivity index (χ2v) is 5.32. The summed E-state index contributed by atoms with van der Waals surface area (Å²) in [5, 5.41) is 0.378. The number of hydrogen-bond donors (Lipinski definition) is 0. The number of unbranched alkanes of at least 4 members (excludes halogenated alkanes) is 1. The molecule has 1 atom stereocenters. The third kappa shape index (κ3) is 4.50. The van der Waals surface area contributed by atoms with E-state index in [0.29, 0.717) is 10.7 Å². The highest BCUT2D eigenvalue weighted by atomic mass is 35.5. The summed E-state index contributed by atoms with van der Waals surface area (Å²) in [5.41, 5.74) is 1.41. The molecule has 0 N–H and O–H groups in total. The summed E-state index contributed by atoms with van der Waals surface area (Å²) < 4.78 is 0. The first-order valence-electron chi connectivity index (χ1n) is 6.94. The second kappa shape index (κ2) is 7.49. The summed E-state index contributed by atoms with van der Waals surface area (Å²) in [5.74, 6) is 0.0511. The predicted octanol–water partition coefficient (Wildman–Crippen LogP) is 4.08. The summed E-state index contributed by atoms with van der Waals surface area (Å²) >= 11 is 5.93. The van der Waals surface area contributed by atoms with Gasteiger partial charge in [-0.3, -0.25) is 4.79 Å². The van der Waals surface area contributed by atoms with E-state index in [-0.39, 0.29) is 11.9 Å². The minimum Gasteiger partial charge on any atom is -0.336 e. The van der Waals surface area contributed by atoms with Gasteiger partial charge >= 0.3 is 0 Å². The van der Waals surface area contributed by atoms with Gasteiger partial charge in [0, 0.05) is 23.8 Å². The monoisotopic (exact) mass is 282 g/mol. The third-order valence-electron chi connectivity index (χ3n) is 3.31. The van der Waals surface area contributed by atoms with Crippen LogP contribution in [0.1, 0.15) is 56.1 Å². The maximum Gasteiger partial charge on any atom is 0.254 e. The molecule has 0 fully saturated rings. The quantitative estimate of drug-likeness (QED) is 0.737. The lowest BCUT2D eigenvalue weighted by atomic mass is 10.1. The SMILES string of the molecule is CCCCN(C(=O)c1cc(C)nc(Cl)c1)C(C)CC. The topological polar surface area (TPSA) is 33.2 Å². The third-order valence-corrected chi connectivity index (χ3v) is 3.50. The van der Waals surface area contributed by atoms with Gasteiger partial charge in [-0.1, -0.05) is 31.9 Å². The van der Waals surface area contributed by atoms with Crippen molar-refractivity contribution in [2.45, 2.75) is 53.0 Å². The van der Waals surface area contributed by atoms with Crippen molar-refractivity contribution in [2.75, 3.05) is 6.54 Å². The zero-order valence-corrected chi connectivity index (χ0v) is 13.0. The van der Waals surface area contributed by atoms with Crippen molar-refractivity contribution < 1.29 is 4.79 Å². The van der Waals surface area contributed by atoms with E-state index in [4.69, 9.17) is 11.6 Å². The van der Waals surface area contributed by atoms with Crippen LogP contribution in [-0.4, -0.2) is 28.4 Å². The van der Waals surface area contributed by atoms with E-state index in [9.17, 15) is 4.79 Å². The van der Waals surface area contributed by atoms with E-state index in [0.717, 1.165) is 31.5 Å². The fourth-order valence-corrected chi connectivity index (χ4v) is 2.24. The first kappa shape index (κ1) is 16.0. The number of hydrogen-bond acceptors (Lipinski definition) is 2. The van der Waals surface area contributed by atoms with Gasteiger partial charge in [-0.15, -0.1) is 0 Å². The molecule has 1 aromatic rings. The fraction of sp³-hybridized carbons (Fsp3) is 0.600. The van der Waals surface area contributed by atoms with Gasteiger partial charge in [0.1, 0.15) is 5.15 Å². The van der Waals surface area contributed by atoms with E-state index in [1.807, 2.05) is 11.8 Å². The lowest BCUT2D eigenvalue weighted by molar-refractivity contribution is 0.0685. The minimum atomic E-state index is 0.0511. The Morgan fingerprint density at radius 1 is 1.42 bits per heavy atom. The molecule has 1 aromatic heterocycles. The Labute approximate surface area is 121 Å². The lowest BCUT2D eigenvalue weighted by Crippen LogP contribution is -2.39. The zero-order valence-electron chi connectivity index (χ0n) is 12.2. The van der Waals surface area contributed by atoms with E-state index < -0.39 is 0 Å². The molecular formula is C15H23ClN2O. The molecule has 1 amide bonds. The number of halogens is 1. The molecule has 0 aliphatic heterocycles. The molecule has 3 nitrogen and oxygen atoms in total. The molecule has 4 heteroatoms. The van der Waals surface area contributed by atoms with E-state index >= 15 is 0 Å². The van der Waals surface area contributed by atoms with Crippen LogP contribution in [0.5, 0.6) is 0 Å². The zero-order chi connectivity index (χ0) is 14.4. The fourth-order valence-electron chi connectivity index (χ4n) is 1.99. The number of nitrogens with zero attached hydrogens (tertiary/aromatic N) is 2. The van der Waals surface area contributed by atoms with Crippen molar-refractivity contribution >= 4 is 17.5 Å². The van der Waals surface area contributed by atoms with Crippen molar-refractivity contribution in [3.63, 3.8) is 0 Å². The van der Waals surface area contributed by atoms with Crippen molar-refractivity contribution in [1.82, 2.24) is 9.88 Å². The molecule has 0 saturated carbocycles. The van der Waals surface area contributed by atoms with Crippen LogP contribution in [0.15, 0.2) is 12.1 Å². The molecule has 1 heterocycles. The van der Waals surface area contributed by atoms with Crippen LogP contribution in [0.4, 0.5) is 0 Å². The van der Waals surface area contributed by atoms with Crippen molar-refractivity contribution in [3.05, 3.63) is 28.5 Å². The maximum atomic E-state index is 12.6. The second-order valence-electron chi connectivity index (χ2n) is 4.93. The van der Waals surface area contributed by atoms with Gasteiger partial charge in [0.25, 0.3) is 5.91 Å². The van der Waals surface area contributed by atoms with Crippen LogP contribution < -0.4 is 0 Å². The molecule has 0 bridgehead atoms. The number of amides is 1. The first-order chi connectivity index (χ1) is 8.99. The van der Waals surface area contributed by atoms with Crippen molar-refractivity contribution in [2.24, 2.45) is 0 Å². The summed E-state index contributed by atoms with van der Waals surface area (Å²) in [6.07, 6.45) is 3.05. The highest BCUT2D eigenvalue weighted by Crippen LogP contribution is 2.16. The van der Waals surface area contributed by atoms with Gasteiger partial charge in [0.05, 0.1) is 0 Å². The molecule has 0 radical (unpaired) electrons. The summed E-state index contributed by atoms with van der Waals surface area (Å²) in [4.78, 5) is 18.6. The van der Waals surface area contributed by atoms with Gasteiger partial charge < -0.3 is 4.90 Å². The van der Waals surface area contributed by atoms with Crippen LogP contribution in [0, 0.1) is 6.92 Å². The molecule has 0 aromatic carbocycles. The largest absolute Gasteiger partial charge is 0.336 e. The molecular weight excluding hydrogens is 260 g/mol. The molecule has 1 unspecified atom stereocenters. The van der Waals surface area contributed by atoms with Crippen LogP contribution in [0.3, 0.4) is 0 Å². The highest BCUT2D eigenvalue weighted by Gasteiger charge is 2.20. The Kier molecular flexibility index (Phi) is 6.29. The normalized spacial score (nSPS) is 12.3. The summed E-state index contributed by atoms with van der Waals surface area (Å²) in [6, 6.07) is 3.69. The van der Waals surface area contributed by atoms with E-state index in [1.165, 1.54) is 0 Å². The summed E-state index contributed by atoms with van der Waals surface area (Å²) in [7, 11) is 0. The molecule has 0 saturated heterocycles. The first-order valence-corrected chi connectivity index (χ1v) is 7.32. The van der Waals surface area contributed by atoms with Crippen LogP contribution in [0.25, 0.3) is 0 Å². The Bertz CT molecular complexity index is 414. The lowest BCUT2D eigenvalue weighted by Gasteiger charge is -2.28. The molecule has 106 valence electrons. The number of aromatic nitrogens is 1. The standard InChI is InChI=1S/C15H23ClN2O/c1-5-7-8-18(12(4)6-2)15(19)13-9-11(3)17-14(16)10-13/h9-10,12H,5-8H2,1-4H3. The smallest absolute Gasteiger partial charge is 0.254 e. The van der Waals surface area contributed by atoms with Gasteiger partial charge in [0.15, 0.2) is 0 Å². The Balaban J connectivity index is 2.97. The Morgan fingerprint density at radius 2 is 2.11 bits per heavy atom. The highest BCUT2D eigenvalue weighted by molar-refractivity contribution is 6.29. The van der Waals surface area contributed by atoms with E-state index in [2.05, 4.69) is 25.8 Å². The number of pyridine rings is 1. The van der Waals surface area contributed by atoms with E-state index in [1.54, 1.807) is 12.1 Å². The molecule has 0 spiro atoms. The predicted molar refractivity (Wildman–Crippen MR) is 79.7 cm³/mol. The van der Waals surface area contributed by atoms with Gasteiger partial charge in [0.2, 0.25) is 0 Å². The molecule has 1 rings (SSSR count). The average molecular weight is 283 g/mol. The van der Waals surface area contributed by atoms with Crippen molar-refractivity contribution in [1.29, 1.82) is 0 Å². The number of carbonyl (C=O) groups excluding carboxylic acids is 1. The molecule has 0 aliphatic rings. The van der Waals surface area contributed by atoms with Gasteiger partial charge in [-0.2, -0.15) is 0 Å². The van der Waals surface area contributed by atoms with Gasteiger partial charge in [-0.25, -0.2) is 4.98 Å². The van der Waals surface area contributed by atoms with Crippen LogP contribution >= 0.6 is 11.6 Å². The Morgan fingerprint density at radius 3 is 2.63 bits per heavy atom. The number of aryl methyl sites for hydroxylation is 1. The Hall–Kier alpha value is -1.09. The minimum absolute atomic E-state index is 0.0511. The van der Waals surface area contributed by atoms with Gasteiger partial charge in [-0.05, 0) is 38.8 Å². The summed E-state index contributed by atoms with van der Waals surface area (Å²) in [6.45, 7) is 8.96. The van der Waals surface area contributed by atoms with Crippen molar-refractivity contribution in [3.8, 4) is 0 Å². The average Bonchev–Trinajstić information content (AvgIpc) is 2.37. The number of rotatable bonds is 6. The molecule has 0 aliphatic carbocycles. The van der Waals surface area contributed by atoms with Crippen LogP contribution in [0.2, 0.25) is 5.15 Å². The maximum absolute atomic E-state index is 12.6. The van der Waals surface area contributed by atoms with Crippen LogP contribution in [-0.2, 0) is 0 Å². The number of carbonyl (C=O) groups is 1. The molecule has 19 heavy (non-hydrogen) atoms.